The van der Waals surface area contributed by atoms with E-state index in [2.05, 4.69) is 20.4 Å². The van der Waals surface area contributed by atoms with E-state index in [0.717, 1.165) is 18.7 Å². The van der Waals surface area contributed by atoms with Gasteiger partial charge in [-0.15, -0.1) is 0 Å². The Kier molecular flexibility index (Phi) is 4.72. The van der Waals surface area contributed by atoms with E-state index in [9.17, 15) is 0 Å². The molecule has 1 saturated heterocycles. The standard InChI is InChI=1S/C12H20N4O2/c1-17-11-10(12(18-2)14-9-13-11)8-15-16-6-4-3-5-7-16/h9,15H,3-8H2,1-2H3. The molecule has 1 N–H and O–H groups in total. The summed E-state index contributed by atoms with van der Waals surface area (Å²) in [6.45, 7) is 2.78. The molecule has 1 aromatic rings. The fourth-order valence-corrected chi connectivity index (χ4v) is 2.13. The molecule has 0 saturated carbocycles. The third-order valence-electron chi connectivity index (χ3n) is 3.09. The molecule has 1 fully saturated rings. The lowest BCUT2D eigenvalue weighted by Crippen LogP contribution is -2.41. The summed E-state index contributed by atoms with van der Waals surface area (Å²) in [6, 6.07) is 0. The van der Waals surface area contributed by atoms with Gasteiger partial charge in [-0.3, -0.25) is 5.43 Å². The molecule has 6 nitrogen and oxygen atoms in total. The highest BCUT2D eigenvalue weighted by Gasteiger charge is 2.15. The summed E-state index contributed by atoms with van der Waals surface area (Å²) < 4.78 is 10.5. The highest BCUT2D eigenvalue weighted by atomic mass is 16.5. The van der Waals surface area contributed by atoms with Gasteiger partial charge in [0, 0.05) is 19.6 Å². The number of methoxy groups -OCH3 is 2. The van der Waals surface area contributed by atoms with E-state index >= 15 is 0 Å². The van der Waals surface area contributed by atoms with Crippen LogP contribution in [0.1, 0.15) is 24.8 Å². The molecular weight excluding hydrogens is 232 g/mol. The topological polar surface area (TPSA) is 59.5 Å². The predicted octanol–water partition coefficient (Wildman–Crippen LogP) is 0.984. The summed E-state index contributed by atoms with van der Waals surface area (Å²) in [6.07, 6.45) is 5.25. The summed E-state index contributed by atoms with van der Waals surface area (Å²) in [5.41, 5.74) is 4.24. The van der Waals surface area contributed by atoms with Gasteiger partial charge in [0.15, 0.2) is 0 Å². The lowest BCUT2D eigenvalue weighted by molar-refractivity contribution is 0.149. The molecule has 2 heterocycles. The third-order valence-corrected chi connectivity index (χ3v) is 3.09. The molecule has 6 heteroatoms. The van der Waals surface area contributed by atoms with Crippen LogP contribution >= 0.6 is 0 Å². The van der Waals surface area contributed by atoms with Crippen LogP contribution in [0, 0.1) is 0 Å². The molecule has 0 aromatic carbocycles. The zero-order valence-corrected chi connectivity index (χ0v) is 11.0. The van der Waals surface area contributed by atoms with Crippen molar-refractivity contribution in [3.05, 3.63) is 11.9 Å². The summed E-state index contributed by atoms with van der Waals surface area (Å²) in [4.78, 5) is 8.20. The Bertz CT molecular complexity index is 358. The highest BCUT2D eigenvalue weighted by Crippen LogP contribution is 2.23. The quantitative estimate of drug-likeness (QED) is 0.843. The van der Waals surface area contributed by atoms with E-state index in [1.54, 1.807) is 14.2 Å². The van der Waals surface area contributed by atoms with Crippen molar-refractivity contribution in [3.8, 4) is 11.8 Å². The van der Waals surface area contributed by atoms with Crippen LogP contribution in [0.3, 0.4) is 0 Å². The molecule has 1 aliphatic rings. The van der Waals surface area contributed by atoms with Crippen LogP contribution in [-0.4, -0.2) is 42.3 Å². The average Bonchev–Trinajstić information content (AvgIpc) is 2.45. The largest absolute Gasteiger partial charge is 0.481 e. The van der Waals surface area contributed by atoms with Crippen molar-refractivity contribution in [2.75, 3.05) is 27.3 Å². The molecule has 0 bridgehead atoms. The summed E-state index contributed by atoms with van der Waals surface area (Å²) in [7, 11) is 3.21. The van der Waals surface area contributed by atoms with Crippen LogP contribution in [0.5, 0.6) is 11.8 Å². The first-order chi connectivity index (χ1) is 8.85. The van der Waals surface area contributed by atoms with Crippen molar-refractivity contribution in [1.82, 2.24) is 20.4 Å². The van der Waals surface area contributed by atoms with Crippen LogP contribution in [-0.2, 0) is 6.54 Å². The second-order valence-electron chi connectivity index (χ2n) is 4.25. The Morgan fingerprint density at radius 3 is 2.28 bits per heavy atom. The first kappa shape index (κ1) is 13.0. The van der Waals surface area contributed by atoms with Crippen molar-refractivity contribution in [2.24, 2.45) is 0 Å². The van der Waals surface area contributed by atoms with Crippen LogP contribution in [0.25, 0.3) is 0 Å². The zero-order chi connectivity index (χ0) is 12.8. The maximum Gasteiger partial charge on any atom is 0.224 e. The Labute approximate surface area is 107 Å². The minimum atomic E-state index is 0.561. The van der Waals surface area contributed by atoms with Crippen molar-refractivity contribution in [2.45, 2.75) is 25.8 Å². The average molecular weight is 252 g/mol. The first-order valence-corrected chi connectivity index (χ1v) is 6.25. The van der Waals surface area contributed by atoms with Gasteiger partial charge < -0.3 is 9.47 Å². The van der Waals surface area contributed by atoms with Gasteiger partial charge in [-0.1, -0.05) is 6.42 Å². The van der Waals surface area contributed by atoms with Crippen molar-refractivity contribution >= 4 is 0 Å². The maximum atomic E-state index is 5.24. The number of rotatable bonds is 5. The molecule has 0 atom stereocenters. The fraction of sp³-hybridized carbons (Fsp3) is 0.667. The number of aromatic nitrogens is 2. The number of hydrogen-bond acceptors (Lipinski definition) is 6. The minimum Gasteiger partial charge on any atom is -0.481 e. The maximum absolute atomic E-state index is 5.24. The molecule has 0 radical (unpaired) electrons. The van der Waals surface area contributed by atoms with Crippen molar-refractivity contribution in [3.63, 3.8) is 0 Å². The fourth-order valence-electron chi connectivity index (χ4n) is 2.13. The third kappa shape index (κ3) is 3.08. The molecule has 1 aromatic heterocycles. The Hall–Kier alpha value is -1.40. The van der Waals surface area contributed by atoms with Crippen LogP contribution < -0.4 is 14.9 Å². The van der Waals surface area contributed by atoms with Crippen molar-refractivity contribution < 1.29 is 9.47 Å². The molecule has 1 aliphatic heterocycles. The number of nitrogens with zero attached hydrogens (tertiary/aromatic N) is 3. The van der Waals surface area contributed by atoms with E-state index < -0.39 is 0 Å². The van der Waals surface area contributed by atoms with Gasteiger partial charge in [0.05, 0.1) is 19.8 Å². The van der Waals surface area contributed by atoms with Gasteiger partial charge in [0.2, 0.25) is 11.8 Å². The molecular formula is C12H20N4O2. The summed E-state index contributed by atoms with van der Waals surface area (Å²) in [5, 5.41) is 2.23. The van der Waals surface area contributed by atoms with Crippen LogP contribution in [0.15, 0.2) is 6.33 Å². The van der Waals surface area contributed by atoms with E-state index in [4.69, 9.17) is 9.47 Å². The van der Waals surface area contributed by atoms with E-state index in [1.807, 2.05) is 0 Å². The highest BCUT2D eigenvalue weighted by molar-refractivity contribution is 5.34. The molecule has 100 valence electrons. The zero-order valence-electron chi connectivity index (χ0n) is 11.0. The van der Waals surface area contributed by atoms with Crippen molar-refractivity contribution in [1.29, 1.82) is 0 Å². The number of piperidine rings is 1. The molecule has 0 amide bonds. The Morgan fingerprint density at radius 2 is 1.72 bits per heavy atom. The molecule has 0 spiro atoms. The molecule has 2 rings (SSSR count). The number of nitrogens with one attached hydrogen (secondary N) is 1. The second-order valence-corrected chi connectivity index (χ2v) is 4.25. The predicted molar refractivity (Wildman–Crippen MR) is 67.4 cm³/mol. The molecule has 0 unspecified atom stereocenters. The van der Waals surface area contributed by atoms with Gasteiger partial charge in [0.25, 0.3) is 0 Å². The first-order valence-electron chi connectivity index (χ1n) is 6.25. The molecule has 0 aliphatic carbocycles. The SMILES string of the molecule is COc1ncnc(OC)c1CNN1CCCCC1. The lowest BCUT2D eigenvalue weighted by atomic mass is 10.2. The van der Waals surface area contributed by atoms with E-state index in [-0.39, 0.29) is 0 Å². The second kappa shape index (κ2) is 6.51. The number of hydrogen-bond donors (Lipinski definition) is 1. The summed E-state index contributed by atoms with van der Waals surface area (Å²) in [5.74, 6) is 1.12. The number of hydrazine groups is 1. The van der Waals surface area contributed by atoms with E-state index in [0.29, 0.717) is 18.3 Å². The monoisotopic (exact) mass is 252 g/mol. The number of ether oxygens (including phenoxy) is 2. The van der Waals surface area contributed by atoms with E-state index in [1.165, 1.54) is 25.6 Å². The lowest BCUT2D eigenvalue weighted by Gasteiger charge is -2.27. The summed E-state index contributed by atoms with van der Waals surface area (Å²) >= 11 is 0. The normalized spacial score (nSPS) is 16.6. The minimum absolute atomic E-state index is 0.561. The van der Waals surface area contributed by atoms with Crippen LogP contribution in [0.2, 0.25) is 0 Å². The van der Waals surface area contributed by atoms with Crippen LogP contribution in [0.4, 0.5) is 0 Å². The van der Waals surface area contributed by atoms with Gasteiger partial charge in [-0.25, -0.2) is 15.0 Å². The Morgan fingerprint density at radius 1 is 1.11 bits per heavy atom. The van der Waals surface area contributed by atoms with Gasteiger partial charge in [0.1, 0.15) is 6.33 Å². The van der Waals surface area contributed by atoms with Gasteiger partial charge >= 0.3 is 0 Å². The molecule has 18 heavy (non-hydrogen) atoms. The van der Waals surface area contributed by atoms with Gasteiger partial charge in [-0.2, -0.15) is 0 Å². The Balaban J connectivity index is 2.02. The smallest absolute Gasteiger partial charge is 0.224 e. The van der Waals surface area contributed by atoms with Gasteiger partial charge in [-0.05, 0) is 12.8 Å².